The van der Waals surface area contributed by atoms with Crippen LogP contribution in [0.3, 0.4) is 0 Å². The van der Waals surface area contributed by atoms with Gasteiger partial charge in [-0.25, -0.2) is 4.68 Å². The summed E-state index contributed by atoms with van der Waals surface area (Å²) in [6.07, 6.45) is 0.727. The average Bonchev–Trinajstić information content (AvgIpc) is 3.45. The Labute approximate surface area is 252 Å². The Balaban J connectivity index is 1.41. The van der Waals surface area contributed by atoms with Crippen LogP contribution < -0.4 is 20.1 Å². The number of halogens is 2. The van der Waals surface area contributed by atoms with E-state index in [1.165, 1.54) is 0 Å². The highest BCUT2D eigenvalue weighted by Crippen LogP contribution is 2.33. The van der Waals surface area contributed by atoms with Gasteiger partial charge in [-0.05, 0) is 61.4 Å². The van der Waals surface area contributed by atoms with Gasteiger partial charge in [-0.1, -0.05) is 25.1 Å². The van der Waals surface area contributed by atoms with Gasteiger partial charge in [0.15, 0.2) is 6.79 Å². The molecule has 44 heavy (non-hydrogen) atoms. The molecule has 0 aliphatic carbocycles. The molecule has 2 heterocycles. The molecule has 232 valence electrons. The molecule has 0 bridgehead atoms. The highest BCUT2D eigenvalue weighted by Gasteiger charge is 2.35. The van der Waals surface area contributed by atoms with Crippen molar-refractivity contribution in [2.24, 2.45) is 0 Å². The topological polar surface area (TPSA) is 124 Å². The van der Waals surface area contributed by atoms with Crippen molar-refractivity contribution in [1.82, 2.24) is 20.4 Å². The zero-order valence-electron chi connectivity index (χ0n) is 24.6. The first-order chi connectivity index (χ1) is 21.0. The summed E-state index contributed by atoms with van der Waals surface area (Å²) < 4.78 is 46.4. The normalized spacial score (nSPS) is 15.0. The molecule has 0 saturated heterocycles. The third kappa shape index (κ3) is 6.98. The zero-order valence-corrected chi connectivity index (χ0v) is 24.6. The molecule has 3 aromatic carbocycles. The molecule has 0 unspecified atom stereocenters. The second-order valence-electron chi connectivity index (χ2n) is 10.8. The maximum Gasteiger partial charge on any atom is 0.321 e. The quantitative estimate of drug-likeness (QED) is 0.226. The van der Waals surface area contributed by atoms with E-state index in [1.807, 2.05) is 19.1 Å². The van der Waals surface area contributed by atoms with Crippen molar-refractivity contribution in [2.45, 2.75) is 58.0 Å². The molecule has 0 fully saturated rings. The molecule has 0 saturated carbocycles. The van der Waals surface area contributed by atoms with Gasteiger partial charge < -0.3 is 30.0 Å². The van der Waals surface area contributed by atoms with E-state index >= 15 is 0 Å². The van der Waals surface area contributed by atoms with Crippen LogP contribution in [-0.2, 0) is 16.1 Å². The fraction of sp³-hybridized carbons (Fsp3) is 0.344. The molecule has 0 spiro atoms. The predicted octanol–water partition coefficient (Wildman–Crippen LogP) is 4.67. The molecule has 3 atom stereocenters. The summed E-state index contributed by atoms with van der Waals surface area (Å²) in [5.41, 5.74) is 3.28. The minimum Gasteiger partial charge on any atom is -0.484 e. The van der Waals surface area contributed by atoms with Gasteiger partial charge in [-0.15, -0.1) is 0 Å². The number of carbonyl (C=O) groups excluding carboxylic acids is 2. The van der Waals surface area contributed by atoms with E-state index in [1.54, 1.807) is 66.3 Å². The number of hydrogen-bond donors (Lipinski definition) is 3. The summed E-state index contributed by atoms with van der Waals surface area (Å²) >= 11 is 0. The van der Waals surface area contributed by atoms with Gasteiger partial charge in [0.2, 0.25) is 0 Å². The van der Waals surface area contributed by atoms with E-state index in [2.05, 4.69) is 15.7 Å². The van der Waals surface area contributed by atoms with Crippen molar-refractivity contribution >= 4 is 22.7 Å². The van der Waals surface area contributed by atoms with Gasteiger partial charge in [0.25, 0.3) is 11.8 Å². The number of amides is 2. The minimum atomic E-state index is -3.56. The summed E-state index contributed by atoms with van der Waals surface area (Å²) in [6.45, 7) is 4.60. The molecule has 4 aromatic rings. The number of rotatable bonds is 11. The smallest absolute Gasteiger partial charge is 0.321 e. The Hall–Kier alpha value is -4.55. The third-order valence-electron chi connectivity index (χ3n) is 7.31. The number of hydrogen-bond acceptors (Lipinski definition) is 7. The first-order valence-electron chi connectivity index (χ1n) is 14.3. The molecular formula is C32H34F2N4O6. The van der Waals surface area contributed by atoms with Crippen LogP contribution in [0.5, 0.6) is 11.5 Å². The van der Waals surface area contributed by atoms with Crippen LogP contribution in [0.2, 0.25) is 0 Å². The third-order valence-corrected chi connectivity index (χ3v) is 7.31. The number of benzene rings is 3. The standard InChI is InChI=1S/C32H34F2N4O6/c1-4-25(39)16-35-30(40)21-6-5-7-24(12-21)38-27-11-10-26(13-23(27)15-36-38)44-29(19(2)37-31(41)32(3,33)34)20-8-9-22-17-42-18-43-28(22)14-20/h5-15,19,25,29,39H,4,16-18H2,1-3H3,(H,35,40)(H,37,41)/t19-,25+,29-/m0/s1. The van der Waals surface area contributed by atoms with E-state index in [0.29, 0.717) is 48.3 Å². The fourth-order valence-electron chi connectivity index (χ4n) is 4.80. The SMILES string of the molecule is CC[C@@H](O)CNC(=O)c1cccc(-n2ncc3cc(O[C@H](c4ccc5c(c4)OCOC5)[C@H](C)NC(=O)C(C)(F)F)ccc32)c1. The lowest BCUT2D eigenvalue weighted by Gasteiger charge is -2.28. The number of carbonyl (C=O) groups is 2. The van der Waals surface area contributed by atoms with Crippen molar-refractivity contribution in [1.29, 1.82) is 0 Å². The molecule has 2 amide bonds. The van der Waals surface area contributed by atoms with Gasteiger partial charge in [-0.2, -0.15) is 13.9 Å². The Morgan fingerprint density at radius 1 is 1.16 bits per heavy atom. The molecule has 3 N–H and O–H groups in total. The molecule has 10 nitrogen and oxygen atoms in total. The fourth-order valence-corrected chi connectivity index (χ4v) is 4.80. The monoisotopic (exact) mass is 608 g/mol. The van der Waals surface area contributed by atoms with Crippen LogP contribution in [0.1, 0.15) is 54.8 Å². The van der Waals surface area contributed by atoms with Crippen molar-refractivity contribution in [2.75, 3.05) is 13.3 Å². The van der Waals surface area contributed by atoms with Crippen LogP contribution in [-0.4, -0.2) is 58.1 Å². The zero-order chi connectivity index (χ0) is 31.4. The van der Waals surface area contributed by atoms with Gasteiger partial charge in [0.1, 0.15) is 17.6 Å². The number of aliphatic hydroxyl groups excluding tert-OH is 1. The van der Waals surface area contributed by atoms with Gasteiger partial charge in [0.05, 0.1) is 36.2 Å². The van der Waals surface area contributed by atoms with Gasteiger partial charge in [-0.3, -0.25) is 9.59 Å². The lowest BCUT2D eigenvalue weighted by molar-refractivity contribution is -0.144. The van der Waals surface area contributed by atoms with Crippen LogP contribution in [0.25, 0.3) is 16.6 Å². The number of fused-ring (bicyclic) bond motifs is 2. The maximum atomic E-state index is 13.7. The number of nitrogens with one attached hydrogen (secondary N) is 2. The Kier molecular flexibility index (Phi) is 9.12. The van der Waals surface area contributed by atoms with Crippen LogP contribution in [0.15, 0.2) is 66.9 Å². The van der Waals surface area contributed by atoms with E-state index in [-0.39, 0.29) is 19.2 Å². The molecular weight excluding hydrogens is 574 g/mol. The summed E-state index contributed by atoms with van der Waals surface area (Å²) in [7, 11) is 0. The molecule has 0 radical (unpaired) electrons. The summed E-state index contributed by atoms with van der Waals surface area (Å²) in [5.74, 6) is -4.25. The van der Waals surface area contributed by atoms with Crippen molar-refractivity contribution < 1.29 is 37.7 Å². The van der Waals surface area contributed by atoms with Crippen LogP contribution in [0.4, 0.5) is 8.78 Å². The Bertz CT molecular complexity index is 1650. The number of nitrogens with zero attached hydrogens (tertiary/aromatic N) is 2. The molecule has 1 aliphatic heterocycles. The van der Waals surface area contributed by atoms with E-state index in [9.17, 15) is 23.5 Å². The summed E-state index contributed by atoms with van der Waals surface area (Å²) in [6, 6.07) is 16.8. The maximum absolute atomic E-state index is 13.7. The molecule has 12 heteroatoms. The number of ether oxygens (including phenoxy) is 3. The van der Waals surface area contributed by atoms with E-state index in [4.69, 9.17) is 14.2 Å². The minimum absolute atomic E-state index is 0.0898. The summed E-state index contributed by atoms with van der Waals surface area (Å²) in [5, 5.41) is 20.1. The van der Waals surface area contributed by atoms with E-state index in [0.717, 1.165) is 16.5 Å². The highest BCUT2D eigenvalue weighted by atomic mass is 19.3. The van der Waals surface area contributed by atoms with Crippen molar-refractivity contribution in [3.63, 3.8) is 0 Å². The van der Waals surface area contributed by atoms with Gasteiger partial charge in [0, 0.05) is 30.0 Å². The first kappa shape index (κ1) is 30.9. The summed E-state index contributed by atoms with van der Waals surface area (Å²) in [4.78, 5) is 24.8. The Morgan fingerprint density at radius 2 is 1.98 bits per heavy atom. The van der Waals surface area contributed by atoms with Crippen molar-refractivity contribution in [3.05, 3.63) is 83.6 Å². The Morgan fingerprint density at radius 3 is 2.75 bits per heavy atom. The van der Waals surface area contributed by atoms with Gasteiger partial charge >= 0.3 is 5.92 Å². The second kappa shape index (κ2) is 13.0. The largest absolute Gasteiger partial charge is 0.484 e. The van der Waals surface area contributed by atoms with Crippen LogP contribution >= 0.6 is 0 Å². The highest BCUT2D eigenvalue weighted by molar-refractivity contribution is 5.95. The first-order valence-corrected chi connectivity index (χ1v) is 14.3. The molecule has 5 rings (SSSR count). The predicted molar refractivity (Wildman–Crippen MR) is 158 cm³/mol. The molecule has 1 aliphatic rings. The van der Waals surface area contributed by atoms with Crippen molar-refractivity contribution in [3.8, 4) is 17.2 Å². The number of alkyl halides is 2. The number of aromatic nitrogens is 2. The van der Waals surface area contributed by atoms with E-state index < -0.39 is 30.1 Å². The second-order valence-corrected chi connectivity index (χ2v) is 10.8. The molecule has 1 aromatic heterocycles. The lowest BCUT2D eigenvalue weighted by atomic mass is 10.00. The van der Waals surface area contributed by atoms with Crippen LogP contribution in [0, 0.1) is 0 Å². The number of aliphatic hydroxyl groups is 1. The average molecular weight is 609 g/mol. The lowest BCUT2D eigenvalue weighted by Crippen LogP contribution is -2.46.